The van der Waals surface area contributed by atoms with E-state index in [2.05, 4.69) is 83.9 Å². The van der Waals surface area contributed by atoms with Crippen LogP contribution in [0.25, 0.3) is 22.3 Å². The van der Waals surface area contributed by atoms with Crippen molar-refractivity contribution < 1.29 is 4.79 Å². The number of aromatic amines is 1. The summed E-state index contributed by atoms with van der Waals surface area (Å²) in [6.07, 6.45) is 12.3. The number of carbonyl (C=O) groups is 1. The third kappa shape index (κ3) is 5.40. The van der Waals surface area contributed by atoms with Gasteiger partial charge < -0.3 is 10.7 Å². The van der Waals surface area contributed by atoms with Gasteiger partial charge in [0.2, 0.25) is 5.91 Å². The van der Waals surface area contributed by atoms with Gasteiger partial charge in [0, 0.05) is 38.6 Å². The second-order valence-electron chi connectivity index (χ2n) is 12.6. The van der Waals surface area contributed by atoms with E-state index in [4.69, 9.17) is 20.7 Å². The van der Waals surface area contributed by atoms with Gasteiger partial charge in [-0.1, -0.05) is 115 Å². The predicted molar refractivity (Wildman–Crippen MR) is 207 cm³/mol. The van der Waals surface area contributed by atoms with Crippen LogP contribution in [0.5, 0.6) is 0 Å². The first-order chi connectivity index (χ1) is 25.1. The lowest BCUT2D eigenvalue weighted by molar-refractivity contribution is 0.1000. The van der Waals surface area contributed by atoms with Gasteiger partial charge in [-0.2, -0.15) is 0 Å². The SMILES string of the molecule is NC(=O)c1ccccc1/C1=C2\C=CC(=N2)/C(c2ccccc2)=c2/cc/c([nH]2)=C(\c2ccccc2)C2=N/C(=C(/c3ccccc3)C3C=CC1=N3)C=C2. The van der Waals surface area contributed by atoms with E-state index >= 15 is 0 Å². The summed E-state index contributed by atoms with van der Waals surface area (Å²) in [6.45, 7) is 0. The second-order valence-corrected chi connectivity index (χ2v) is 12.6. The number of nitrogens with one attached hydrogen (secondary N) is 1. The fourth-order valence-electron chi connectivity index (χ4n) is 7.21. The van der Waals surface area contributed by atoms with Gasteiger partial charge in [0.25, 0.3) is 0 Å². The number of aliphatic imine (C=N–C) groups is 3. The molecule has 0 aliphatic carbocycles. The molecule has 0 radical (unpaired) electrons. The molecule has 1 amide bonds. The summed E-state index contributed by atoms with van der Waals surface area (Å²) in [6, 6.07) is 42.2. The normalized spacial score (nSPS) is 22.6. The van der Waals surface area contributed by atoms with Crippen molar-refractivity contribution >= 4 is 45.3 Å². The Morgan fingerprint density at radius 1 is 0.529 bits per heavy atom. The van der Waals surface area contributed by atoms with Crippen molar-refractivity contribution in [2.24, 2.45) is 20.7 Å². The quantitative estimate of drug-likeness (QED) is 0.215. The van der Waals surface area contributed by atoms with Crippen molar-refractivity contribution in [3.05, 3.63) is 214 Å². The molecule has 4 aliphatic heterocycles. The summed E-state index contributed by atoms with van der Waals surface area (Å²) in [5.41, 5.74) is 17.7. The Balaban J connectivity index is 1.41. The summed E-state index contributed by atoms with van der Waals surface area (Å²) >= 11 is 0. The predicted octanol–water partition coefficient (Wildman–Crippen LogP) is 6.75. The molecule has 4 aliphatic rings. The van der Waals surface area contributed by atoms with Gasteiger partial charge >= 0.3 is 0 Å². The van der Waals surface area contributed by atoms with E-state index in [1.54, 1.807) is 6.07 Å². The molecule has 8 bridgehead atoms. The van der Waals surface area contributed by atoms with Gasteiger partial charge in [0.05, 0.1) is 34.6 Å². The lowest BCUT2D eigenvalue weighted by atomic mass is 9.94. The Kier molecular flexibility index (Phi) is 7.40. The van der Waals surface area contributed by atoms with Crippen LogP contribution in [0.1, 0.15) is 32.6 Å². The van der Waals surface area contributed by atoms with E-state index in [0.717, 1.165) is 66.8 Å². The van der Waals surface area contributed by atoms with Crippen molar-refractivity contribution in [3.63, 3.8) is 0 Å². The van der Waals surface area contributed by atoms with Crippen LogP contribution in [0.15, 0.2) is 190 Å². The highest BCUT2D eigenvalue weighted by atomic mass is 16.1. The highest BCUT2D eigenvalue weighted by Gasteiger charge is 2.28. The van der Waals surface area contributed by atoms with Gasteiger partial charge in [-0.3, -0.25) is 9.79 Å². The first-order valence-corrected chi connectivity index (χ1v) is 16.9. The largest absolute Gasteiger partial charge is 0.366 e. The van der Waals surface area contributed by atoms with Crippen LogP contribution in [0.3, 0.4) is 0 Å². The summed E-state index contributed by atoms with van der Waals surface area (Å²) in [5, 5.41) is 1.86. The van der Waals surface area contributed by atoms with Crippen molar-refractivity contribution in [1.82, 2.24) is 4.98 Å². The molecule has 4 aromatic carbocycles. The summed E-state index contributed by atoms with van der Waals surface area (Å²) in [7, 11) is 0. The van der Waals surface area contributed by atoms with Crippen LogP contribution in [0.2, 0.25) is 0 Å². The fraction of sp³-hybridized carbons (Fsp3) is 0.0222. The minimum absolute atomic E-state index is 0.341. The zero-order chi connectivity index (χ0) is 34.3. The fourth-order valence-corrected chi connectivity index (χ4v) is 7.21. The molecule has 6 nitrogen and oxygen atoms in total. The van der Waals surface area contributed by atoms with Crippen LogP contribution in [0.4, 0.5) is 0 Å². The molecule has 1 unspecified atom stereocenters. The van der Waals surface area contributed by atoms with Gasteiger partial charge in [-0.25, -0.2) is 9.98 Å². The Bertz CT molecular complexity index is 2630. The smallest absolute Gasteiger partial charge is 0.249 e. The standard InChI is InChI=1S/C45H31N5O/c46-45(51)32-19-11-10-18-31(32)44-39-26-24-37(49-39)42(29-14-6-2-7-15-29)35-22-20-33(47-35)41(28-12-4-1-5-13-28)34-21-23-36(48-34)43(30-16-8-3-9-17-30)38-25-27-40(44)50-38/h1-27,37,48H,(H2,46,51)/b41-34-,42-35-,43-36-,44-40-. The van der Waals surface area contributed by atoms with Crippen LogP contribution >= 0.6 is 0 Å². The molecule has 0 saturated carbocycles. The second kappa shape index (κ2) is 12.5. The number of fused-ring (bicyclic) bond motifs is 5. The van der Waals surface area contributed by atoms with E-state index in [9.17, 15) is 4.79 Å². The molecule has 242 valence electrons. The van der Waals surface area contributed by atoms with E-state index in [-0.39, 0.29) is 6.04 Å². The number of nitrogens with two attached hydrogens (primary N) is 1. The Labute approximate surface area is 294 Å². The van der Waals surface area contributed by atoms with Crippen LogP contribution < -0.4 is 16.4 Å². The minimum Gasteiger partial charge on any atom is -0.366 e. The number of rotatable bonds is 5. The first-order valence-electron chi connectivity index (χ1n) is 16.9. The summed E-state index contributed by atoms with van der Waals surface area (Å²) in [5.74, 6) is -0.512. The third-order valence-electron chi connectivity index (χ3n) is 9.49. The number of amides is 1. The lowest BCUT2D eigenvalue weighted by Gasteiger charge is -2.15. The summed E-state index contributed by atoms with van der Waals surface area (Å²) in [4.78, 5) is 32.5. The number of H-pyrrole nitrogens is 1. The number of allylic oxidation sites excluding steroid dienone is 6. The highest BCUT2D eigenvalue weighted by Crippen LogP contribution is 2.37. The van der Waals surface area contributed by atoms with E-state index in [1.807, 2.05) is 78.9 Å². The molecule has 0 saturated heterocycles. The number of aromatic nitrogens is 1. The highest BCUT2D eigenvalue weighted by molar-refractivity contribution is 6.36. The number of primary amides is 1. The number of nitrogens with zero attached hydrogens (tertiary/aromatic N) is 3. The maximum absolute atomic E-state index is 12.8. The Hall–Kier alpha value is -6.92. The average molecular weight is 658 g/mol. The van der Waals surface area contributed by atoms with E-state index in [0.29, 0.717) is 22.5 Å². The monoisotopic (exact) mass is 657 g/mol. The van der Waals surface area contributed by atoms with Crippen LogP contribution in [-0.4, -0.2) is 34.1 Å². The minimum atomic E-state index is -0.512. The van der Waals surface area contributed by atoms with E-state index < -0.39 is 5.91 Å². The molecule has 0 fully saturated rings. The lowest BCUT2D eigenvalue weighted by Crippen LogP contribution is -2.21. The van der Waals surface area contributed by atoms with Crippen molar-refractivity contribution in [2.45, 2.75) is 6.04 Å². The van der Waals surface area contributed by atoms with Crippen molar-refractivity contribution in [1.29, 1.82) is 0 Å². The molecule has 1 aromatic heterocycles. The Morgan fingerprint density at radius 2 is 1.06 bits per heavy atom. The first kappa shape index (κ1) is 30.2. The number of hydrogen-bond acceptors (Lipinski definition) is 4. The molecule has 5 heterocycles. The average Bonchev–Trinajstić information content (AvgIpc) is 4.01. The van der Waals surface area contributed by atoms with Gasteiger partial charge in [-0.15, -0.1) is 0 Å². The molecule has 6 heteroatoms. The zero-order valence-corrected chi connectivity index (χ0v) is 27.5. The van der Waals surface area contributed by atoms with Crippen molar-refractivity contribution in [3.8, 4) is 0 Å². The van der Waals surface area contributed by atoms with Gasteiger partial charge in [0.1, 0.15) is 0 Å². The zero-order valence-electron chi connectivity index (χ0n) is 27.5. The Morgan fingerprint density at radius 3 is 1.67 bits per heavy atom. The molecule has 1 atom stereocenters. The third-order valence-corrected chi connectivity index (χ3v) is 9.49. The van der Waals surface area contributed by atoms with Gasteiger partial charge in [0.15, 0.2) is 0 Å². The summed E-state index contributed by atoms with van der Waals surface area (Å²) < 4.78 is 0. The van der Waals surface area contributed by atoms with Gasteiger partial charge in [-0.05, 0) is 70.8 Å². The van der Waals surface area contributed by atoms with Crippen molar-refractivity contribution in [2.75, 3.05) is 0 Å². The topological polar surface area (TPSA) is 96.0 Å². The molecular formula is C45H31N5O. The maximum Gasteiger partial charge on any atom is 0.249 e. The van der Waals surface area contributed by atoms with Crippen LogP contribution in [-0.2, 0) is 0 Å². The molecule has 3 N–H and O–H groups in total. The number of carbonyl (C=O) groups excluding carboxylic acids is 1. The maximum atomic E-state index is 12.8. The molecule has 51 heavy (non-hydrogen) atoms. The molecule has 9 rings (SSSR count). The number of hydrogen-bond donors (Lipinski definition) is 2. The molecule has 0 spiro atoms. The molecular weight excluding hydrogens is 627 g/mol. The van der Waals surface area contributed by atoms with Crippen LogP contribution in [0, 0.1) is 0 Å². The van der Waals surface area contributed by atoms with E-state index in [1.165, 1.54) is 0 Å². The molecule has 5 aromatic rings. The number of benzene rings is 4.